The van der Waals surface area contributed by atoms with Crippen LogP contribution in [0.5, 0.6) is 0 Å². The molecule has 4 N–H and O–H groups in total. The summed E-state index contributed by atoms with van der Waals surface area (Å²) in [6, 6.07) is 0. The molecule has 0 amide bonds. The smallest absolute Gasteiger partial charge is 0.0927 e. The van der Waals surface area contributed by atoms with Gasteiger partial charge in [0, 0.05) is 0 Å². The van der Waals surface area contributed by atoms with Crippen molar-refractivity contribution < 1.29 is 5.43 Å². The van der Waals surface area contributed by atoms with E-state index in [-0.39, 0.29) is 0 Å². The summed E-state index contributed by atoms with van der Waals surface area (Å²) in [6.45, 7) is 3.32. The molecule has 2 heteroatoms. The normalized spacial score (nSPS) is 10.0. The number of nitrogens with two attached hydrogens (primary N) is 2. The first kappa shape index (κ1) is 8.92. The lowest BCUT2D eigenvalue weighted by molar-refractivity contribution is -0.667. The molecule has 0 aliphatic heterocycles. The van der Waals surface area contributed by atoms with Crippen molar-refractivity contribution in [2.75, 3.05) is 6.54 Å². The second kappa shape index (κ2) is 7.92. The lowest BCUT2D eigenvalue weighted by Crippen LogP contribution is -2.91. The fourth-order valence-corrected chi connectivity index (χ4v) is 0.866. The third-order valence-corrected chi connectivity index (χ3v) is 1.47. The first-order chi connectivity index (χ1) is 4.41. The average molecular weight is 131 g/mol. The summed E-state index contributed by atoms with van der Waals surface area (Å²) in [6.07, 6.45) is 6.71. The van der Waals surface area contributed by atoms with Crippen LogP contribution >= 0.6 is 0 Å². The van der Waals surface area contributed by atoms with E-state index < -0.39 is 0 Å². The molecule has 0 spiro atoms. The van der Waals surface area contributed by atoms with Crippen molar-refractivity contribution in [3.05, 3.63) is 0 Å². The van der Waals surface area contributed by atoms with E-state index in [4.69, 9.17) is 5.84 Å². The summed E-state index contributed by atoms with van der Waals surface area (Å²) < 4.78 is 0. The Morgan fingerprint density at radius 1 is 1.11 bits per heavy atom. The standard InChI is InChI=1S/C7H18N2/c1-2-3-4-5-6-7-9-8/h9H,2-8H2,1H3/p+1. The molecule has 0 atom stereocenters. The van der Waals surface area contributed by atoms with Crippen LogP contribution in [0.15, 0.2) is 0 Å². The molecular weight excluding hydrogens is 112 g/mol. The van der Waals surface area contributed by atoms with E-state index >= 15 is 0 Å². The molecule has 0 radical (unpaired) electrons. The molecule has 0 rings (SSSR count). The summed E-state index contributed by atoms with van der Waals surface area (Å²) >= 11 is 0. The quantitative estimate of drug-likeness (QED) is 0.306. The molecule has 0 saturated heterocycles. The van der Waals surface area contributed by atoms with Crippen LogP contribution in [0.1, 0.15) is 39.0 Å². The third-order valence-electron chi connectivity index (χ3n) is 1.47. The van der Waals surface area contributed by atoms with Crippen molar-refractivity contribution in [1.82, 2.24) is 0 Å². The second-order valence-corrected chi connectivity index (χ2v) is 2.44. The molecule has 0 aliphatic rings. The molecule has 9 heavy (non-hydrogen) atoms. The van der Waals surface area contributed by atoms with Gasteiger partial charge in [-0.15, -0.1) is 0 Å². The summed E-state index contributed by atoms with van der Waals surface area (Å²) in [5.41, 5.74) is 1.76. The van der Waals surface area contributed by atoms with Crippen LogP contribution in [0.4, 0.5) is 0 Å². The molecule has 0 unspecified atom stereocenters. The van der Waals surface area contributed by atoms with Crippen LogP contribution < -0.4 is 11.3 Å². The maximum Gasteiger partial charge on any atom is 0.0927 e. The lowest BCUT2D eigenvalue weighted by atomic mass is 10.2. The van der Waals surface area contributed by atoms with Crippen LogP contribution in [0.25, 0.3) is 0 Å². The molecule has 0 aromatic carbocycles. The Morgan fingerprint density at radius 3 is 2.33 bits per heavy atom. The minimum absolute atomic E-state index is 1.09. The molecule has 0 saturated carbocycles. The van der Waals surface area contributed by atoms with Gasteiger partial charge in [-0.3, -0.25) is 5.43 Å². The number of hydrogen-bond acceptors (Lipinski definition) is 1. The summed E-state index contributed by atoms with van der Waals surface area (Å²) in [5.74, 6) is 5.22. The average Bonchev–Trinajstić information content (AvgIpc) is 1.89. The van der Waals surface area contributed by atoms with Crippen molar-refractivity contribution in [2.45, 2.75) is 39.0 Å². The maximum atomic E-state index is 5.22. The fraction of sp³-hybridized carbons (Fsp3) is 1.00. The van der Waals surface area contributed by atoms with Gasteiger partial charge < -0.3 is 0 Å². The first-order valence-corrected chi connectivity index (χ1v) is 3.95. The van der Waals surface area contributed by atoms with E-state index in [0.717, 1.165) is 6.54 Å². The Labute approximate surface area is 57.8 Å². The number of hydrogen-bond donors (Lipinski definition) is 2. The van der Waals surface area contributed by atoms with Gasteiger partial charge in [-0.25, -0.2) is 0 Å². The Bertz CT molecular complexity index is 40.2. The Morgan fingerprint density at radius 2 is 1.78 bits per heavy atom. The topological polar surface area (TPSA) is 42.6 Å². The van der Waals surface area contributed by atoms with E-state index in [2.05, 4.69) is 6.92 Å². The minimum atomic E-state index is 1.09. The van der Waals surface area contributed by atoms with E-state index in [9.17, 15) is 0 Å². The molecule has 0 fully saturated rings. The molecule has 2 nitrogen and oxygen atoms in total. The summed E-state index contributed by atoms with van der Waals surface area (Å²) in [5, 5.41) is 0. The van der Waals surface area contributed by atoms with Gasteiger partial charge in [-0.2, -0.15) is 5.84 Å². The third kappa shape index (κ3) is 7.92. The van der Waals surface area contributed by atoms with Gasteiger partial charge in [0.05, 0.1) is 6.54 Å². The summed E-state index contributed by atoms with van der Waals surface area (Å²) in [4.78, 5) is 0. The van der Waals surface area contributed by atoms with Crippen molar-refractivity contribution in [2.24, 2.45) is 5.84 Å². The number of rotatable bonds is 6. The SMILES string of the molecule is CCCCCCC[NH2+]N. The Kier molecular flexibility index (Phi) is 7.85. The second-order valence-electron chi connectivity index (χ2n) is 2.44. The largest absolute Gasteiger partial charge is 0.271 e. The van der Waals surface area contributed by atoms with E-state index in [1.807, 2.05) is 0 Å². The Hall–Kier alpha value is -0.0800. The van der Waals surface area contributed by atoms with Crippen molar-refractivity contribution in [1.29, 1.82) is 0 Å². The van der Waals surface area contributed by atoms with Gasteiger partial charge in [0.25, 0.3) is 0 Å². The first-order valence-electron chi connectivity index (χ1n) is 3.95. The van der Waals surface area contributed by atoms with Crippen molar-refractivity contribution in [3.63, 3.8) is 0 Å². The van der Waals surface area contributed by atoms with E-state index in [1.54, 1.807) is 5.43 Å². The van der Waals surface area contributed by atoms with Gasteiger partial charge in [0.2, 0.25) is 0 Å². The van der Waals surface area contributed by atoms with Crippen LogP contribution in [0.2, 0.25) is 0 Å². The molecule has 56 valence electrons. The highest BCUT2D eigenvalue weighted by atomic mass is 15.2. The lowest BCUT2D eigenvalue weighted by Gasteiger charge is -1.95. The predicted molar refractivity (Wildman–Crippen MR) is 39.7 cm³/mol. The van der Waals surface area contributed by atoms with Gasteiger partial charge >= 0.3 is 0 Å². The van der Waals surface area contributed by atoms with Crippen LogP contribution in [-0.2, 0) is 0 Å². The van der Waals surface area contributed by atoms with Gasteiger partial charge in [-0.05, 0) is 12.8 Å². The van der Waals surface area contributed by atoms with Crippen LogP contribution in [0.3, 0.4) is 0 Å². The van der Waals surface area contributed by atoms with Gasteiger partial charge in [0.15, 0.2) is 0 Å². The predicted octanol–water partition coefficient (Wildman–Crippen LogP) is 0.394. The zero-order valence-corrected chi connectivity index (χ0v) is 6.40. The van der Waals surface area contributed by atoms with Gasteiger partial charge in [-0.1, -0.05) is 26.2 Å². The maximum absolute atomic E-state index is 5.22. The number of quaternary nitrogens is 1. The molecule has 0 bridgehead atoms. The van der Waals surface area contributed by atoms with Crippen molar-refractivity contribution in [3.8, 4) is 0 Å². The highest BCUT2D eigenvalue weighted by Crippen LogP contribution is 1.99. The highest BCUT2D eigenvalue weighted by Gasteiger charge is 1.87. The van der Waals surface area contributed by atoms with Crippen LogP contribution in [0, 0.1) is 0 Å². The minimum Gasteiger partial charge on any atom is -0.271 e. The number of unbranched alkanes of at least 4 members (excludes halogenated alkanes) is 4. The molecule has 0 aromatic rings. The van der Waals surface area contributed by atoms with E-state index in [1.165, 1.54) is 32.1 Å². The van der Waals surface area contributed by atoms with Gasteiger partial charge in [0.1, 0.15) is 0 Å². The van der Waals surface area contributed by atoms with Crippen LogP contribution in [-0.4, -0.2) is 6.54 Å². The Balaban J connectivity index is 2.60. The molecule has 0 aromatic heterocycles. The summed E-state index contributed by atoms with van der Waals surface area (Å²) in [7, 11) is 0. The highest BCUT2D eigenvalue weighted by molar-refractivity contribution is 4.38. The monoisotopic (exact) mass is 131 g/mol. The molecular formula is C7H19N2+. The zero-order valence-electron chi connectivity index (χ0n) is 6.40. The molecule has 0 heterocycles. The zero-order chi connectivity index (χ0) is 6.95. The molecule has 0 aliphatic carbocycles. The van der Waals surface area contributed by atoms with E-state index in [0.29, 0.717) is 0 Å². The fourth-order valence-electron chi connectivity index (χ4n) is 0.866. The van der Waals surface area contributed by atoms with Crippen molar-refractivity contribution >= 4 is 0 Å².